The van der Waals surface area contributed by atoms with Crippen LogP contribution in [0, 0.1) is 0 Å². The maximum Gasteiger partial charge on any atom is 0.412 e. The molecule has 2 amide bonds. The zero-order chi connectivity index (χ0) is 29.5. The second kappa shape index (κ2) is 13.0. The van der Waals surface area contributed by atoms with Crippen molar-refractivity contribution in [2.75, 3.05) is 10.6 Å². The summed E-state index contributed by atoms with van der Waals surface area (Å²) in [5, 5.41) is 5.57. The van der Waals surface area contributed by atoms with Crippen LogP contribution < -0.4 is 10.6 Å². The monoisotopic (exact) mass is 544 g/mol. The van der Waals surface area contributed by atoms with Gasteiger partial charge in [-0.2, -0.15) is 0 Å². The molecule has 2 N–H and O–H groups in total. The lowest BCUT2D eigenvalue weighted by molar-refractivity contribution is 0.0624. The highest BCUT2D eigenvalue weighted by Crippen LogP contribution is 2.26. The Morgan fingerprint density at radius 2 is 0.975 bits per heavy atom. The second-order valence-corrected chi connectivity index (χ2v) is 12.5. The highest BCUT2D eigenvalue weighted by Gasteiger charge is 2.18. The Morgan fingerprint density at radius 1 is 0.625 bits per heavy atom. The second-order valence-electron chi connectivity index (χ2n) is 12.5. The van der Waals surface area contributed by atoms with Gasteiger partial charge in [0.25, 0.3) is 0 Å². The van der Waals surface area contributed by atoms with E-state index in [0.29, 0.717) is 11.8 Å². The van der Waals surface area contributed by atoms with Crippen molar-refractivity contribution < 1.29 is 19.1 Å². The number of benzene rings is 3. The third-order valence-electron chi connectivity index (χ3n) is 6.33. The average molecular weight is 545 g/mol. The van der Waals surface area contributed by atoms with Crippen LogP contribution in [0.2, 0.25) is 0 Å². The summed E-state index contributed by atoms with van der Waals surface area (Å²) in [5.41, 5.74) is 5.40. The largest absolute Gasteiger partial charge is 0.444 e. The summed E-state index contributed by atoms with van der Waals surface area (Å²) in [7, 11) is 0. The van der Waals surface area contributed by atoms with Crippen LogP contribution in [0.1, 0.15) is 89.5 Å². The molecule has 0 radical (unpaired) electrons. The third kappa shape index (κ3) is 10.4. The lowest BCUT2D eigenvalue weighted by atomic mass is 9.90. The number of nitrogens with one attached hydrogen (secondary N) is 2. The molecule has 0 aliphatic carbocycles. The number of anilines is 2. The van der Waals surface area contributed by atoms with Crippen molar-refractivity contribution in [2.45, 2.75) is 91.3 Å². The Kier molecular flexibility index (Phi) is 10.0. The van der Waals surface area contributed by atoms with Crippen molar-refractivity contribution in [1.82, 2.24) is 0 Å². The fourth-order valence-corrected chi connectivity index (χ4v) is 4.46. The Balaban J connectivity index is 1.55. The van der Waals surface area contributed by atoms with Gasteiger partial charge in [-0.3, -0.25) is 10.6 Å². The smallest absolute Gasteiger partial charge is 0.412 e. The Morgan fingerprint density at radius 3 is 1.30 bits per heavy atom. The standard InChI is InChI=1S/C34H44N2O4/c1-23(27-12-16-29(17-13-27)35-31(37)39-33(3,4)5)20-25-10-9-11-26(22-25)21-24(2)28-14-18-30(19-15-28)36-32(38)40-34(6,7)8/h9-19,22-24H,20-21H2,1-8H3,(H,35,37)(H,36,38). The fourth-order valence-electron chi connectivity index (χ4n) is 4.46. The Hall–Kier alpha value is -3.80. The summed E-state index contributed by atoms with van der Waals surface area (Å²) in [6.07, 6.45) is 0.943. The molecule has 3 aromatic carbocycles. The van der Waals surface area contributed by atoms with E-state index < -0.39 is 23.4 Å². The van der Waals surface area contributed by atoms with Crippen LogP contribution in [-0.4, -0.2) is 23.4 Å². The van der Waals surface area contributed by atoms with Gasteiger partial charge in [0, 0.05) is 11.4 Å². The fraction of sp³-hybridized carbons (Fsp3) is 0.412. The molecule has 0 fully saturated rings. The van der Waals surface area contributed by atoms with E-state index in [2.05, 4.69) is 73.0 Å². The van der Waals surface area contributed by atoms with E-state index in [1.54, 1.807) is 0 Å². The molecule has 0 saturated carbocycles. The summed E-state index contributed by atoms with van der Waals surface area (Å²) in [5.74, 6) is 0.654. The molecule has 0 aromatic heterocycles. The van der Waals surface area contributed by atoms with Crippen molar-refractivity contribution in [3.05, 3.63) is 95.1 Å². The molecule has 0 aliphatic heterocycles. The summed E-state index contributed by atoms with van der Waals surface area (Å²) >= 11 is 0. The van der Waals surface area contributed by atoms with Crippen LogP contribution >= 0.6 is 0 Å². The first kappa shape index (κ1) is 30.7. The minimum atomic E-state index is -0.532. The Bertz CT molecular complexity index is 1170. The molecule has 40 heavy (non-hydrogen) atoms. The molecule has 0 spiro atoms. The highest BCUT2D eigenvalue weighted by molar-refractivity contribution is 5.85. The van der Waals surface area contributed by atoms with E-state index in [1.165, 1.54) is 22.3 Å². The number of amides is 2. The summed E-state index contributed by atoms with van der Waals surface area (Å²) < 4.78 is 10.7. The predicted molar refractivity (Wildman–Crippen MR) is 163 cm³/mol. The number of rotatable bonds is 8. The van der Waals surface area contributed by atoms with Gasteiger partial charge >= 0.3 is 12.2 Å². The van der Waals surface area contributed by atoms with Gasteiger partial charge in [0.1, 0.15) is 11.2 Å². The SMILES string of the molecule is CC(Cc1cccc(CC(C)c2ccc(NC(=O)OC(C)(C)C)cc2)c1)c1ccc(NC(=O)OC(C)(C)C)cc1. The number of carbonyl (C=O) groups excluding carboxylic acids is 2. The maximum atomic E-state index is 12.0. The van der Waals surface area contributed by atoms with Gasteiger partial charge in [-0.25, -0.2) is 9.59 Å². The van der Waals surface area contributed by atoms with Crippen LogP contribution in [0.3, 0.4) is 0 Å². The number of ether oxygens (including phenoxy) is 2. The predicted octanol–water partition coefficient (Wildman–Crippen LogP) is 9.07. The molecule has 2 unspecified atom stereocenters. The van der Waals surface area contributed by atoms with Crippen LogP contribution in [0.4, 0.5) is 21.0 Å². The molecular weight excluding hydrogens is 500 g/mol. The normalized spacial score (nSPS) is 13.2. The molecule has 0 saturated heterocycles. The first-order valence-electron chi connectivity index (χ1n) is 13.9. The molecule has 0 heterocycles. The average Bonchev–Trinajstić information content (AvgIpc) is 2.82. The van der Waals surface area contributed by atoms with Gasteiger partial charge in [0.05, 0.1) is 0 Å². The number of hydrogen-bond donors (Lipinski definition) is 2. The molecule has 2 atom stereocenters. The van der Waals surface area contributed by atoms with Crippen LogP contribution in [0.5, 0.6) is 0 Å². The van der Waals surface area contributed by atoms with Gasteiger partial charge in [-0.15, -0.1) is 0 Å². The molecular formula is C34H44N2O4. The van der Waals surface area contributed by atoms with E-state index in [1.807, 2.05) is 65.8 Å². The molecule has 0 bridgehead atoms. The van der Waals surface area contributed by atoms with Gasteiger partial charge in [0.15, 0.2) is 0 Å². The Labute approximate surface area is 239 Å². The first-order valence-corrected chi connectivity index (χ1v) is 13.9. The van der Waals surface area contributed by atoms with E-state index in [-0.39, 0.29) is 0 Å². The van der Waals surface area contributed by atoms with Crippen LogP contribution in [-0.2, 0) is 22.3 Å². The summed E-state index contributed by atoms with van der Waals surface area (Å²) in [4.78, 5) is 24.1. The topological polar surface area (TPSA) is 76.7 Å². The van der Waals surface area contributed by atoms with E-state index in [0.717, 1.165) is 24.2 Å². The quantitative estimate of drug-likeness (QED) is 0.296. The number of carbonyl (C=O) groups is 2. The van der Waals surface area contributed by atoms with Crippen molar-refractivity contribution in [2.24, 2.45) is 0 Å². The molecule has 0 aliphatic rings. The lowest BCUT2D eigenvalue weighted by Crippen LogP contribution is -2.27. The summed E-state index contributed by atoms with van der Waals surface area (Å²) in [6.45, 7) is 15.5. The van der Waals surface area contributed by atoms with E-state index in [4.69, 9.17) is 9.47 Å². The van der Waals surface area contributed by atoms with Crippen molar-refractivity contribution in [3.63, 3.8) is 0 Å². The third-order valence-corrected chi connectivity index (χ3v) is 6.33. The minimum absolute atomic E-state index is 0.327. The van der Waals surface area contributed by atoms with Crippen molar-refractivity contribution in [1.29, 1.82) is 0 Å². The van der Waals surface area contributed by atoms with Crippen molar-refractivity contribution in [3.8, 4) is 0 Å². The van der Waals surface area contributed by atoms with Gasteiger partial charge in [-0.05, 0) is 113 Å². The van der Waals surface area contributed by atoms with E-state index >= 15 is 0 Å². The van der Waals surface area contributed by atoms with E-state index in [9.17, 15) is 9.59 Å². The molecule has 214 valence electrons. The van der Waals surface area contributed by atoms with Gasteiger partial charge in [0.2, 0.25) is 0 Å². The van der Waals surface area contributed by atoms with Crippen LogP contribution in [0.25, 0.3) is 0 Å². The zero-order valence-electron chi connectivity index (χ0n) is 25.1. The van der Waals surface area contributed by atoms with Crippen LogP contribution in [0.15, 0.2) is 72.8 Å². The van der Waals surface area contributed by atoms with Crippen molar-refractivity contribution >= 4 is 23.6 Å². The summed E-state index contributed by atoms with van der Waals surface area (Å²) in [6, 6.07) is 24.7. The zero-order valence-corrected chi connectivity index (χ0v) is 25.1. The highest BCUT2D eigenvalue weighted by atomic mass is 16.6. The molecule has 3 rings (SSSR count). The van der Waals surface area contributed by atoms with Gasteiger partial charge in [-0.1, -0.05) is 62.4 Å². The lowest BCUT2D eigenvalue weighted by Gasteiger charge is -2.20. The number of hydrogen-bond acceptors (Lipinski definition) is 4. The first-order chi connectivity index (χ1) is 18.7. The molecule has 6 heteroatoms. The molecule has 3 aromatic rings. The minimum Gasteiger partial charge on any atom is -0.444 e. The molecule has 6 nitrogen and oxygen atoms in total. The maximum absolute atomic E-state index is 12.0. The van der Waals surface area contributed by atoms with Gasteiger partial charge < -0.3 is 9.47 Å².